The standard InChI is InChI=1S/C11H13F3O2/c12-11(13,14)10(15)6-7-16-8-9-4-2-1-3-5-9/h1-5,10,15H,6-8H2/t10-/m0/s1. The van der Waals surface area contributed by atoms with Crippen molar-refractivity contribution in [3.8, 4) is 0 Å². The van der Waals surface area contributed by atoms with Crippen LogP contribution >= 0.6 is 0 Å². The van der Waals surface area contributed by atoms with Gasteiger partial charge in [0.1, 0.15) is 0 Å². The van der Waals surface area contributed by atoms with Crippen LogP contribution < -0.4 is 0 Å². The van der Waals surface area contributed by atoms with E-state index in [9.17, 15) is 13.2 Å². The first-order chi connectivity index (χ1) is 7.50. The zero-order chi connectivity index (χ0) is 12.0. The molecule has 1 atom stereocenters. The highest BCUT2D eigenvalue weighted by Crippen LogP contribution is 2.22. The Labute approximate surface area is 91.7 Å². The van der Waals surface area contributed by atoms with Crippen LogP contribution in [0.15, 0.2) is 30.3 Å². The number of rotatable bonds is 5. The van der Waals surface area contributed by atoms with E-state index in [0.717, 1.165) is 5.56 Å². The molecule has 5 heteroatoms. The van der Waals surface area contributed by atoms with E-state index < -0.39 is 18.7 Å². The van der Waals surface area contributed by atoms with Gasteiger partial charge in [-0.1, -0.05) is 30.3 Å². The number of hydrogen-bond acceptors (Lipinski definition) is 2. The van der Waals surface area contributed by atoms with Crippen LogP contribution in [0.3, 0.4) is 0 Å². The summed E-state index contributed by atoms with van der Waals surface area (Å²) in [6.07, 6.45) is -7.30. The van der Waals surface area contributed by atoms with Crippen molar-refractivity contribution in [2.45, 2.75) is 25.3 Å². The van der Waals surface area contributed by atoms with E-state index in [1.165, 1.54) is 0 Å². The second-order valence-corrected chi connectivity index (χ2v) is 3.38. The summed E-state index contributed by atoms with van der Waals surface area (Å²) in [6.45, 7) is 0.140. The maximum atomic E-state index is 11.9. The Balaban J connectivity index is 2.18. The summed E-state index contributed by atoms with van der Waals surface area (Å²) in [5.74, 6) is 0. The molecule has 90 valence electrons. The number of aliphatic hydroxyl groups excluding tert-OH is 1. The molecule has 0 heterocycles. The maximum absolute atomic E-state index is 11.9. The van der Waals surface area contributed by atoms with Gasteiger partial charge in [-0.2, -0.15) is 13.2 Å². The lowest BCUT2D eigenvalue weighted by Crippen LogP contribution is -2.29. The summed E-state index contributed by atoms with van der Waals surface area (Å²) < 4.78 is 40.7. The molecule has 0 amide bonds. The van der Waals surface area contributed by atoms with Crippen LogP contribution in [-0.2, 0) is 11.3 Å². The van der Waals surface area contributed by atoms with Gasteiger partial charge in [-0.15, -0.1) is 0 Å². The van der Waals surface area contributed by atoms with Crippen molar-refractivity contribution >= 4 is 0 Å². The Morgan fingerprint density at radius 2 is 1.81 bits per heavy atom. The fourth-order valence-electron chi connectivity index (χ4n) is 1.12. The van der Waals surface area contributed by atoms with Gasteiger partial charge in [-0.05, 0) is 5.56 Å². The molecule has 1 N–H and O–H groups in total. The van der Waals surface area contributed by atoms with E-state index in [0.29, 0.717) is 0 Å². The van der Waals surface area contributed by atoms with E-state index >= 15 is 0 Å². The van der Waals surface area contributed by atoms with Gasteiger partial charge in [0.05, 0.1) is 6.61 Å². The highest BCUT2D eigenvalue weighted by atomic mass is 19.4. The average Bonchev–Trinajstić information content (AvgIpc) is 2.24. The molecule has 16 heavy (non-hydrogen) atoms. The summed E-state index contributed by atoms with van der Waals surface area (Å²) in [7, 11) is 0. The van der Waals surface area contributed by atoms with E-state index in [1.54, 1.807) is 0 Å². The Kier molecular flexibility index (Phi) is 4.76. The molecule has 0 saturated carbocycles. The summed E-state index contributed by atoms with van der Waals surface area (Å²) in [6, 6.07) is 9.13. The third-order valence-corrected chi connectivity index (χ3v) is 2.03. The lowest BCUT2D eigenvalue weighted by Gasteiger charge is -2.14. The Hall–Kier alpha value is -1.07. The molecule has 2 nitrogen and oxygen atoms in total. The van der Waals surface area contributed by atoms with Crippen molar-refractivity contribution in [2.75, 3.05) is 6.61 Å². The largest absolute Gasteiger partial charge is 0.414 e. The molecule has 0 aromatic heterocycles. The monoisotopic (exact) mass is 234 g/mol. The highest BCUT2D eigenvalue weighted by molar-refractivity contribution is 5.13. The topological polar surface area (TPSA) is 29.5 Å². The normalized spacial score (nSPS) is 13.8. The smallest absolute Gasteiger partial charge is 0.384 e. The molecule has 0 bridgehead atoms. The number of ether oxygens (including phenoxy) is 1. The summed E-state index contributed by atoms with van der Waals surface area (Å²) >= 11 is 0. The molecule has 0 unspecified atom stereocenters. The van der Waals surface area contributed by atoms with Crippen molar-refractivity contribution < 1.29 is 23.0 Å². The first kappa shape index (κ1) is 13.0. The van der Waals surface area contributed by atoms with E-state index in [2.05, 4.69) is 0 Å². The SMILES string of the molecule is O[C@@H](CCOCc1ccccc1)C(F)(F)F. The lowest BCUT2D eigenvalue weighted by molar-refractivity contribution is -0.208. The van der Waals surface area contributed by atoms with Gasteiger partial charge < -0.3 is 9.84 Å². The van der Waals surface area contributed by atoms with Crippen molar-refractivity contribution in [1.29, 1.82) is 0 Å². The molecule has 0 fully saturated rings. The predicted molar refractivity (Wildman–Crippen MR) is 52.8 cm³/mol. The van der Waals surface area contributed by atoms with Crippen LogP contribution in [0.4, 0.5) is 13.2 Å². The zero-order valence-electron chi connectivity index (χ0n) is 8.57. The van der Waals surface area contributed by atoms with Gasteiger partial charge in [0.2, 0.25) is 0 Å². The Morgan fingerprint density at radius 3 is 2.38 bits per heavy atom. The molecule has 1 rings (SSSR count). The minimum absolute atomic E-state index is 0.116. The number of alkyl halides is 3. The van der Waals surface area contributed by atoms with E-state index in [4.69, 9.17) is 9.84 Å². The second-order valence-electron chi connectivity index (χ2n) is 3.38. The van der Waals surface area contributed by atoms with Crippen LogP contribution in [0.25, 0.3) is 0 Å². The third kappa shape index (κ3) is 4.63. The number of halogens is 3. The van der Waals surface area contributed by atoms with Crippen LogP contribution in [0.2, 0.25) is 0 Å². The second kappa shape index (κ2) is 5.86. The molecular formula is C11H13F3O2. The summed E-state index contributed by atoms with van der Waals surface area (Å²) in [5.41, 5.74) is 0.893. The Bertz CT molecular complexity index is 298. The first-order valence-electron chi connectivity index (χ1n) is 4.86. The van der Waals surface area contributed by atoms with E-state index in [-0.39, 0.29) is 13.2 Å². The molecular weight excluding hydrogens is 221 g/mol. The number of aliphatic hydroxyl groups is 1. The molecule has 1 aromatic carbocycles. The van der Waals surface area contributed by atoms with Gasteiger partial charge in [0.25, 0.3) is 0 Å². The van der Waals surface area contributed by atoms with Crippen molar-refractivity contribution in [1.82, 2.24) is 0 Å². The van der Waals surface area contributed by atoms with Crippen LogP contribution in [0, 0.1) is 0 Å². The minimum atomic E-state index is -4.56. The lowest BCUT2D eigenvalue weighted by atomic mass is 10.2. The minimum Gasteiger partial charge on any atom is -0.384 e. The fourth-order valence-corrected chi connectivity index (χ4v) is 1.12. The molecule has 0 aliphatic rings. The van der Waals surface area contributed by atoms with Crippen molar-refractivity contribution in [3.63, 3.8) is 0 Å². The number of benzene rings is 1. The fraction of sp³-hybridized carbons (Fsp3) is 0.455. The predicted octanol–water partition coefficient (Wildman–Crippen LogP) is 2.52. The quantitative estimate of drug-likeness (QED) is 0.793. The molecule has 0 spiro atoms. The molecule has 1 aromatic rings. The highest BCUT2D eigenvalue weighted by Gasteiger charge is 2.37. The van der Waals surface area contributed by atoms with Gasteiger partial charge in [0.15, 0.2) is 6.10 Å². The first-order valence-corrected chi connectivity index (χ1v) is 4.86. The van der Waals surface area contributed by atoms with Crippen LogP contribution in [-0.4, -0.2) is 24.0 Å². The van der Waals surface area contributed by atoms with Crippen molar-refractivity contribution in [3.05, 3.63) is 35.9 Å². The molecule has 0 aliphatic carbocycles. The van der Waals surface area contributed by atoms with E-state index in [1.807, 2.05) is 30.3 Å². The van der Waals surface area contributed by atoms with Crippen LogP contribution in [0.5, 0.6) is 0 Å². The number of hydrogen-bond donors (Lipinski definition) is 1. The van der Waals surface area contributed by atoms with Gasteiger partial charge >= 0.3 is 6.18 Å². The molecule has 0 aliphatic heterocycles. The molecule has 0 saturated heterocycles. The Morgan fingerprint density at radius 1 is 1.19 bits per heavy atom. The average molecular weight is 234 g/mol. The van der Waals surface area contributed by atoms with Gasteiger partial charge in [-0.3, -0.25) is 0 Å². The van der Waals surface area contributed by atoms with Gasteiger partial charge in [0, 0.05) is 13.0 Å². The summed E-state index contributed by atoms with van der Waals surface area (Å²) in [4.78, 5) is 0. The third-order valence-electron chi connectivity index (χ3n) is 2.03. The van der Waals surface area contributed by atoms with Crippen LogP contribution in [0.1, 0.15) is 12.0 Å². The summed E-state index contributed by atoms with van der Waals surface area (Å²) in [5, 5.41) is 8.68. The van der Waals surface area contributed by atoms with Crippen molar-refractivity contribution in [2.24, 2.45) is 0 Å². The van der Waals surface area contributed by atoms with Gasteiger partial charge in [-0.25, -0.2) is 0 Å². The molecule has 0 radical (unpaired) electrons. The zero-order valence-corrected chi connectivity index (χ0v) is 8.57. The maximum Gasteiger partial charge on any atom is 0.414 e.